The Morgan fingerprint density at radius 2 is 1.86 bits per heavy atom. The maximum absolute atomic E-state index is 13.1. The van der Waals surface area contributed by atoms with Crippen molar-refractivity contribution in [2.24, 2.45) is 0 Å². The molecule has 2 aromatic rings. The zero-order chi connectivity index (χ0) is 20.8. The van der Waals surface area contributed by atoms with E-state index in [1.165, 1.54) is 0 Å². The molecule has 0 aromatic heterocycles. The van der Waals surface area contributed by atoms with Gasteiger partial charge in [0, 0.05) is 38.2 Å². The van der Waals surface area contributed by atoms with Gasteiger partial charge in [-0.25, -0.2) is 0 Å². The lowest BCUT2D eigenvalue weighted by molar-refractivity contribution is -0.128. The summed E-state index contributed by atoms with van der Waals surface area (Å²) in [5.41, 5.74) is 2.58. The molecule has 1 aliphatic rings. The van der Waals surface area contributed by atoms with Crippen LogP contribution in [-0.4, -0.2) is 48.9 Å². The molecule has 0 bridgehead atoms. The van der Waals surface area contributed by atoms with Gasteiger partial charge in [0.15, 0.2) is 11.5 Å². The summed E-state index contributed by atoms with van der Waals surface area (Å²) in [7, 11) is 3.20. The van der Waals surface area contributed by atoms with E-state index in [0.717, 1.165) is 24.1 Å². The molecule has 1 aliphatic heterocycles. The van der Waals surface area contributed by atoms with Gasteiger partial charge in [-0.2, -0.15) is 0 Å². The number of hydrogen-bond donors (Lipinski definition) is 0. The molecule has 1 fully saturated rings. The fourth-order valence-corrected chi connectivity index (χ4v) is 3.60. The van der Waals surface area contributed by atoms with Crippen molar-refractivity contribution < 1.29 is 19.1 Å². The van der Waals surface area contributed by atoms with Gasteiger partial charge >= 0.3 is 0 Å². The van der Waals surface area contributed by atoms with Crippen molar-refractivity contribution in [1.82, 2.24) is 9.80 Å². The van der Waals surface area contributed by atoms with E-state index in [2.05, 4.69) is 0 Å². The number of ether oxygens (including phenoxy) is 2. The molecular weight excluding hydrogens is 368 g/mol. The van der Waals surface area contributed by atoms with Gasteiger partial charge in [-0.15, -0.1) is 0 Å². The second kappa shape index (κ2) is 9.45. The predicted octanol–water partition coefficient (Wildman–Crippen LogP) is 3.49. The highest BCUT2D eigenvalue weighted by molar-refractivity contribution is 5.94. The highest BCUT2D eigenvalue weighted by Gasteiger charge is 2.21. The molecule has 1 saturated heterocycles. The largest absolute Gasteiger partial charge is 0.493 e. The van der Waals surface area contributed by atoms with Crippen molar-refractivity contribution in [3.63, 3.8) is 0 Å². The third-order valence-electron chi connectivity index (χ3n) is 5.21. The zero-order valence-electron chi connectivity index (χ0n) is 17.3. The molecule has 6 nitrogen and oxygen atoms in total. The van der Waals surface area contributed by atoms with Crippen LogP contribution in [0.25, 0.3) is 0 Å². The van der Waals surface area contributed by atoms with Crippen molar-refractivity contribution in [1.29, 1.82) is 0 Å². The monoisotopic (exact) mass is 396 g/mol. The van der Waals surface area contributed by atoms with E-state index in [0.29, 0.717) is 43.1 Å². The van der Waals surface area contributed by atoms with Gasteiger partial charge in [-0.1, -0.05) is 18.2 Å². The van der Waals surface area contributed by atoms with E-state index < -0.39 is 0 Å². The molecule has 0 unspecified atom stereocenters. The lowest BCUT2D eigenvalue weighted by Gasteiger charge is -2.22. The summed E-state index contributed by atoms with van der Waals surface area (Å²) >= 11 is 0. The van der Waals surface area contributed by atoms with Crippen LogP contribution in [0.5, 0.6) is 11.5 Å². The van der Waals surface area contributed by atoms with Crippen LogP contribution in [0.1, 0.15) is 41.3 Å². The molecule has 29 heavy (non-hydrogen) atoms. The van der Waals surface area contributed by atoms with Crippen molar-refractivity contribution in [3.05, 3.63) is 59.2 Å². The summed E-state index contributed by atoms with van der Waals surface area (Å²) in [4.78, 5) is 28.6. The lowest BCUT2D eigenvalue weighted by atomic mass is 10.1. The number of hydrogen-bond acceptors (Lipinski definition) is 4. The fourth-order valence-electron chi connectivity index (χ4n) is 3.60. The predicted molar refractivity (Wildman–Crippen MR) is 111 cm³/mol. The molecule has 0 radical (unpaired) electrons. The fraction of sp³-hybridized carbons (Fsp3) is 0.391. The van der Waals surface area contributed by atoms with Gasteiger partial charge in [0.2, 0.25) is 5.91 Å². The molecule has 6 heteroatoms. The first-order valence-corrected chi connectivity index (χ1v) is 9.92. The van der Waals surface area contributed by atoms with E-state index in [-0.39, 0.29) is 11.8 Å². The van der Waals surface area contributed by atoms with E-state index in [4.69, 9.17) is 9.47 Å². The Morgan fingerprint density at radius 1 is 1.07 bits per heavy atom. The van der Waals surface area contributed by atoms with Gasteiger partial charge in [-0.05, 0) is 48.7 Å². The third-order valence-corrected chi connectivity index (χ3v) is 5.21. The zero-order valence-corrected chi connectivity index (χ0v) is 17.3. The summed E-state index contributed by atoms with van der Waals surface area (Å²) in [5.74, 6) is 1.46. The number of carbonyl (C=O) groups excluding carboxylic acids is 2. The number of rotatable bonds is 8. The summed E-state index contributed by atoms with van der Waals surface area (Å²) in [5, 5.41) is 0. The first-order chi connectivity index (χ1) is 14.0. The van der Waals surface area contributed by atoms with Crippen LogP contribution in [0, 0.1) is 0 Å². The normalized spacial score (nSPS) is 13.5. The molecule has 3 rings (SSSR count). The topological polar surface area (TPSA) is 59.1 Å². The molecule has 0 aliphatic carbocycles. The summed E-state index contributed by atoms with van der Waals surface area (Å²) in [6.45, 7) is 4.37. The van der Waals surface area contributed by atoms with Gasteiger partial charge in [-0.3, -0.25) is 9.59 Å². The summed E-state index contributed by atoms with van der Waals surface area (Å²) < 4.78 is 10.6. The van der Waals surface area contributed by atoms with Crippen LogP contribution >= 0.6 is 0 Å². The van der Waals surface area contributed by atoms with Gasteiger partial charge in [0.05, 0.1) is 14.2 Å². The molecule has 2 aromatic carbocycles. The average Bonchev–Trinajstić information content (AvgIpc) is 3.15. The third kappa shape index (κ3) is 4.88. The Balaban J connectivity index is 1.74. The number of amides is 2. The van der Waals surface area contributed by atoms with Crippen molar-refractivity contribution >= 4 is 11.8 Å². The maximum atomic E-state index is 13.1. The van der Waals surface area contributed by atoms with Crippen LogP contribution in [0.15, 0.2) is 42.5 Å². The highest BCUT2D eigenvalue weighted by atomic mass is 16.5. The Hall–Kier alpha value is -3.02. The van der Waals surface area contributed by atoms with Crippen LogP contribution in [-0.2, 0) is 17.9 Å². The van der Waals surface area contributed by atoms with E-state index in [1.54, 1.807) is 19.1 Å². The molecule has 1 heterocycles. The average molecular weight is 396 g/mol. The summed E-state index contributed by atoms with van der Waals surface area (Å²) in [6, 6.07) is 13.2. The van der Waals surface area contributed by atoms with E-state index >= 15 is 0 Å². The van der Waals surface area contributed by atoms with Crippen molar-refractivity contribution in [2.75, 3.05) is 27.3 Å². The molecule has 0 saturated carbocycles. The molecular formula is C23H28N2O4. The maximum Gasteiger partial charge on any atom is 0.254 e. The highest BCUT2D eigenvalue weighted by Crippen LogP contribution is 2.28. The van der Waals surface area contributed by atoms with Crippen molar-refractivity contribution in [2.45, 2.75) is 32.9 Å². The van der Waals surface area contributed by atoms with Gasteiger partial charge in [0.25, 0.3) is 5.91 Å². The number of methoxy groups -OCH3 is 2. The minimum Gasteiger partial charge on any atom is -0.493 e. The first-order valence-electron chi connectivity index (χ1n) is 9.92. The molecule has 154 valence electrons. The molecule has 0 spiro atoms. The molecule has 0 atom stereocenters. The molecule has 2 amide bonds. The van der Waals surface area contributed by atoms with Crippen LogP contribution in [0.4, 0.5) is 0 Å². The second-order valence-corrected chi connectivity index (χ2v) is 7.13. The minimum atomic E-state index is -0.0307. The first kappa shape index (κ1) is 20.7. The standard InChI is InChI=1S/C23H28N2O4/c1-4-24(15-18-10-11-20(28-2)21(14-18)29-3)23(27)19-8-5-7-17(13-19)16-25-12-6-9-22(25)26/h5,7-8,10-11,13-14H,4,6,9,12,15-16H2,1-3H3. The Labute approximate surface area is 172 Å². The van der Waals surface area contributed by atoms with Crippen LogP contribution in [0.2, 0.25) is 0 Å². The number of likely N-dealkylation sites (tertiary alicyclic amines) is 1. The second-order valence-electron chi connectivity index (χ2n) is 7.13. The van der Waals surface area contributed by atoms with Crippen molar-refractivity contribution in [3.8, 4) is 11.5 Å². The lowest BCUT2D eigenvalue weighted by Crippen LogP contribution is -2.30. The Bertz CT molecular complexity index is 881. The molecule has 0 N–H and O–H groups in total. The Kier molecular flexibility index (Phi) is 6.75. The van der Waals surface area contributed by atoms with Crippen LogP contribution in [0.3, 0.4) is 0 Å². The quantitative estimate of drug-likeness (QED) is 0.685. The van der Waals surface area contributed by atoms with Crippen LogP contribution < -0.4 is 9.47 Å². The van der Waals surface area contributed by atoms with Gasteiger partial charge in [0.1, 0.15) is 0 Å². The SMILES string of the molecule is CCN(Cc1ccc(OC)c(OC)c1)C(=O)c1cccc(CN2CCCC2=O)c1. The number of carbonyl (C=O) groups is 2. The number of nitrogens with zero attached hydrogens (tertiary/aromatic N) is 2. The Morgan fingerprint density at radius 3 is 2.52 bits per heavy atom. The smallest absolute Gasteiger partial charge is 0.254 e. The summed E-state index contributed by atoms with van der Waals surface area (Å²) in [6.07, 6.45) is 1.53. The number of benzene rings is 2. The van der Waals surface area contributed by atoms with E-state index in [9.17, 15) is 9.59 Å². The van der Waals surface area contributed by atoms with E-state index in [1.807, 2.05) is 54.3 Å². The minimum absolute atomic E-state index is 0.0307. The van der Waals surface area contributed by atoms with Gasteiger partial charge < -0.3 is 19.3 Å².